The van der Waals surface area contributed by atoms with Gasteiger partial charge in [0.2, 0.25) is 6.23 Å². The maximum absolute atomic E-state index is 6.37. The lowest BCUT2D eigenvalue weighted by Crippen LogP contribution is -2.33. The standard InChI is InChI=1S/C23H19ClN2O2/c1-27-18-12-8-16(9-13-18)23-26-21(19-4-2-3-5-22(19)28-23)14-20(25-26)15-6-10-17(24)11-7-15/h2-13,21,23H,14H2,1H3/t21-,23+/m0/s1. The van der Waals surface area contributed by atoms with Gasteiger partial charge in [-0.3, -0.25) is 0 Å². The van der Waals surface area contributed by atoms with E-state index < -0.39 is 0 Å². The van der Waals surface area contributed by atoms with Crippen molar-refractivity contribution in [3.63, 3.8) is 0 Å². The summed E-state index contributed by atoms with van der Waals surface area (Å²) in [5, 5.41) is 7.76. The summed E-state index contributed by atoms with van der Waals surface area (Å²) >= 11 is 6.05. The molecule has 0 bridgehead atoms. The highest BCUT2D eigenvalue weighted by molar-refractivity contribution is 6.30. The van der Waals surface area contributed by atoms with Crippen molar-refractivity contribution in [2.45, 2.75) is 18.7 Å². The van der Waals surface area contributed by atoms with Crippen LogP contribution in [-0.4, -0.2) is 17.8 Å². The largest absolute Gasteiger partial charge is 0.497 e. The lowest BCUT2D eigenvalue weighted by molar-refractivity contribution is -0.0190. The minimum absolute atomic E-state index is 0.141. The van der Waals surface area contributed by atoms with Gasteiger partial charge >= 0.3 is 0 Å². The maximum Gasteiger partial charge on any atom is 0.213 e. The maximum atomic E-state index is 6.37. The summed E-state index contributed by atoms with van der Waals surface area (Å²) in [6.45, 7) is 0. The van der Waals surface area contributed by atoms with Crippen LogP contribution in [-0.2, 0) is 0 Å². The molecule has 3 aromatic rings. The molecular formula is C23H19ClN2O2. The molecule has 2 atom stereocenters. The Morgan fingerprint density at radius 2 is 1.75 bits per heavy atom. The number of benzene rings is 3. The molecule has 0 fully saturated rings. The number of hydrogen-bond acceptors (Lipinski definition) is 4. The molecule has 0 radical (unpaired) electrons. The smallest absolute Gasteiger partial charge is 0.213 e. The number of para-hydroxylation sites is 1. The van der Waals surface area contributed by atoms with E-state index in [2.05, 4.69) is 11.1 Å². The third-order valence-electron chi connectivity index (χ3n) is 5.28. The zero-order chi connectivity index (χ0) is 19.1. The van der Waals surface area contributed by atoms with E-state index in [9.17, 15) is 0 Å². The average Bonchev–Trinajstić information content (AvgIpc) is 3.19. The molecule has 0 aliphatic carbocycles. The first-order chi connectivity index (χ1) is 13.7. The van der Waals surface area contributed by atoms with Gasteiger partial charge in [-0.25, -0.2) is 5.01 Å². The second kappa shape index (κ2) is 6.88. The second-order valence-electron chi connectivity index (χ2n) is 6.93. The van der Waals surface area contributed by atoms with E-state index in [1.165, 1.54) is 5.56 Å². The molecule has 2 aliphatic heterocycles. The van der Waals surface area contributed by atoms with Crippen LogP contribution < -0.4 is 9.47 Å². The van der Waals surface area contributed by atoms with Crippen molar-refractivity contribution in [3.05, 3.63) is 94.5 Å². The second-order valence-corrected chi connectivity index (χ2v) is 7.37. The predicted octanol–water partition coefficient (Wildman–Crippen LogP) is 5.59. The summed E-state index contributed by atoms with van der Waals surface area (Å²) in [5.74, 6) is 1.74. The fourth-order valence-corrected chi connectivity index (χ4v) is 3.97. The summed E-state index contributed by atoms with van der Waals surface area (Å²) in [7, 11) is 1.67. The molecule has 5 heteroatoms. The van der Waals surface area contributed by atoms with Gasteiger partial charge in [-0.05, 0) is 48.0 Å². The van der Waals surface area contributed by atoms with E-state index in [0.29, 0.717) is 0 Å². The van der Waals surface area contributed by atoms with Gasteiger partial charge in [0.15, 0.2) is 0 Å². The van der Waals surface area contributed by atoms with Crippen LogP contribution >= 0.6 is 11.6 Å². The Balaban J connectivity index is 1.56. The van der Waals surface area contributed by atoms with Crippen LogP contribution in [0.2, 0.25) is 5.02 Å². The molecule has 2 heterocycles. The highest BCUT2D eigenvalue weighted by atomic mass is 35.5. The molecule has 0 amide bonds. The van der Waals surface area contributed by atoms with Crippen molar-refractivity contribution in [2.75, 3.05) is 7.11 Å². The highest BCUT2D eigenvalue weighted by Crippen LogP contribution is 2.47. The fourth-order valence-electron chi connectivity index (χ4n) is 3.84. The lowest BCUT2D eigenvalue weighted by atomic mass is 9.96. The molecule has 0 N–H and O–H groups in total. The topological polar surface area (TPSA) is 34.1 Å². The minimum atomic E-state index is -0.282. The number of ether oxygens (including phenoxy) is 2. The number of halogens is 1. The molecule has 0 saturated carbocycles. The van der Waals surface area contributed by atoms with E-state index in [1.54, 1.807) is 7.11 Å². The predicted molar refractivity (Wildman–Crippen MR) is 110 cm³/mol. The van der Waals surface area contributed by atoms with Gasteiger partial charge in [0.05, 0.1) is 18.9 Å². The van der Waals surface area contributed by atoms with Crippen molar-refractivity contribution in [3.8, 4) is 11.5 Å². The van der Waals surface area contributed by atoms with Gasteiger partial charge in [0.1, 0.15) is 11.5 Å². The SMILES string of the molecule is COc1ccc([C@H]2Oc3ccccc3[C@@H]3CC(c4ccc(Cl)cc4)=NN23)cc1. The summed E-state index contributed by atoms with van der Waals surface area (Å²) < 4.78 is 11.7. The Labute approximate surface area is 169 Å². The Morgan fingerprint density at radius 3 is 2.50 bits per heavy atom. The van der Waals surface area contributed by atoms with E-state index in [-0.39, 0.29) is 12.3 Å². The zero-order valence-electron chi connectivity index (χ0n) is 15.4. The van der Waals surface area contributed by atoms with Gasteiger partial charge in [-0.1, -0.05) is 41.9 Å². The van der Waals surface area contributed by atoms with Gasteiger partial charge in [0.25, 0.3) is 0 Å². The molecule has 4 nitrogen and oxygen atoms in total. The van der Waals surface area contributed by atoms with Crippen molar-refractivity contribution < 1.29 is 9.47 Å². The molecule has 28 heavy (non-hydrogen) atoms. The lowest BCUT2D eigenvalue weighted by Gasteiger charge is -2.38. The molecule has 0 spiro atoms. The molecule has 3 aromatic carbocycles. The number of nitrogens with zero attached hydrogens (tertiary/aromatic N) is 2. The summed E-state index contributed by atoms with van der Waals surface area (Å²) in [5.41, 5.74) is 4.34. The Hall–Kier alpha value is -2.98. The zero-order valence-corrected chi connectivity index (χ0v) is 16.1. The molecule has 140 valence electrons. The molecular weight excluding hydrogens is 372 g/mol. The van der Waals surface area contributed by atoms with Crippen LogP contribution in [0.4, 0.5) is 0 Å². The normalized spacial score (nSPS) is 20.1. The van der Waals surface area contributed by atoms with Gasteiger partial charge in [-0.15, -0.1) is 0 Å². The van der Waals surface area contributed by atoms with E-state index in [0.717, 1.165) is 39.8 Å². The van der Waals surface area contributed by atoms with Crippen molar-refractivity contribution in [1.29, 1.82) is 0 Å². The first-order valence-corrected chi connectivity index (χ1v) is 9.62. The van der Waals surface area contributed by atoms with Crippen molar-refractivity contribution >= 4 is 17.3 Å². The van der Waals surface area contributed by atoms with Crippen LogP contribution in [0, 0.1) is 0 Å². The van der Waals surface area contributed by atoms with Crippen LogP contribution in [0.15, 0.2) is 77.9 Å². The van der Waals surface area contributed by atoms with Crippen LogP contribution in [0.5, 0.6) is 11.5 Å². The summed E-state index contributed by atoms with van der Waals surface area (Å²) in [4.78, 5) is 0. The first kappa shape index (κ1) is 17.1. The van der Waals surface area contributed by atoms with Gasteiger partial charge in [0, 0.05) is 22.6 Å². The average molecular weight is 391 g/mol. The molecule has 5 rings (SSSR count). The highest BCUT2D eigenvalue weighted by Gasteiger charge is 2.40. The number of methoxy groups -OCH3 is 1. The molecule has 0 unspecified atom stereocenters. The van der Waals surface area contributed by atoms with Crippen molar-refractivity contribution in [1.82, 2.24) is 5.01 Å². The number of hydrogen-bond donors (Lipinski definition) is 0. The number of rotatable bonds is 3. The Kier molecular flexibility index (Phi) is 4.21. The fraction of sp³-hybridized carbons (Fsp3) is 0.174. The molecule has 2 aliphatic rings. The summed E-state index contributed by atoms with van der Waals surface area (Å²) in [6.07, 6.45) is 0.546. The Bertz CT molecular complexity index is 1030. The van der Waals surface area contributed by atoms with E-state index in [1.807, 2.05) is 66.7 Å². The third-order valence-corrected chi connectivity index (χ3v) is 5.53. The van der Waals surface area contributed by atoms with Crippen molar-refractivity contribution in [2.24, 2.45) is 5.10 Å². The van der Waals surface area contributed by atoms with E-state index in [4.69, 9.17) is 26.2 Å². The molecule has 0 saturated heterocycles. The van der Waals surface area contributed by atoms with Gasteiger partial charge in [-0.2, -0.15) is 5.10 Å². The first-order valence-electron chi connectivity index (χ1n) is 9.24. The molecule has 0 aromatic heterocycles. The van der Waals surface area contributed by atoms with E-state index >= 15 is 0 Å². The van der Waals surface area contributed by atoms with Crippen LogP contribution in [0.1, 0.15) is 35.4 Å². The number of fused-ring (bicyclic) bond motifs is 3. The quantitative estimate of drug-likeness (QED) is 0.584. The number of hydrazone groups is 1. The van der Waals surface area contributed by atoms with Crippen LogP contribution in [0.25, 0.3) is 0 Å². The van der Waals surface area contributed by atoms with Gasteiger partial charge < -0.3 is 9.47 Å². The summed E-state index contributed by atoms with van der Waals surface area (Å²) in [6, 6.07) is 24.2. The third kappa shape index (κ3) is 2.90. The van der Waals surface area contributed by atoms with Crippen LogP contribution in [0.3, 0.4) is 0 Å². The Morgan fingerprint density at radius 1 is 1.00 bits per heavy atom. The minimum Gasteiger partial charge on any atom is -0.497 e. The monoisotopic (exact) mass is 390 g/mol.